The van der Waals surface area contributed by atoms with E-state index >= 15 is 0 Å². The highest BCUT2D eigenvalue weighted by atomic mass is 16.3. The molecule has 0 bridgehead atoms. The van der Waals surface area contributed by atoms with Crippen molar-refractivity contribution in [2.45, 2.75) is 39.2 Å². The number of rotatable bonds is 4. The molecule has 0 aromatic heterocycles. The molecule has 0 amide bonds. The lowest BCUT2D eigenvalue weighted by atomic mass is 10.2. The van der Waals surface area contributed by atoms with Crippen LogP contribution in [-0.4, -0.2) is 11.2 Å². The van der Waals surface area contributed by atoms with Crippen LogP contribution in [0.1, 0.15) is 33.1 Å². The van der Waals surface area contributed by atoms with Crippen molar-refractivity contribution < 1.29 is 5.11 Å². The number of aliphatic hydroxyl groups is 1. The Labute approximate surface area is 63.1 Å². The predicted molar refractivity (Wildman–Crippen MR) is 43.9 cm³/mol. The van der Waals surface area contributed by atoms with Crippen LogP contribution < -0.4 is 0 Å². The highest BCUT2D eigenvalue weighted by molar-refractivity contribution is 4.85. The van der Waals surface area contributed by atoms with Gasteiger partial charge in [-0.1, -0.05) is 13.3 Å². The smallest absolute Gasteiger partial charge is 0.0552 e. The Bertz CT molecular complexity index is 119. The van der Waals surface area contributed by atoms with Crippen LogP contribution in [0.25, 0.3) is 0 Å². The number of hydrogen-bond acceptors (Lipinski definition) is 1. The summed E-state index contributed by atoms with van der Waals surface area (Å²) in [6.45, 7) is 3.91. The van der Waals surface area contributed by atoms with Gasteiger partial charge in [-0.2, -0.15) is 0 Å². The minimum absolute atomic E-state index is 0.234. The maximum atomic E-state index is 8.82. The van der Waals surface area contributed by atoms with Gasteiger partial charge in [0.2, 0.25) is 0 Å². The lowest BCUT2D eigenvalue weighted by Crippen LogP contribution is -1.94. The Morgan fingerprint density at radius 1 is 1.50 bits per heavy atom. The molecule has 1 heteroatoms. The molecule has 0 rings (SSSR count). The largest absolute Gasteiger partial charge is 0.393 e. The minimum atomic E-state index is -0.234. The maximum Gasteiger partial charge on any atom is 0.0552 e. The Kier molecular flexibility index (Phi) is 6.25. The monoisotopic (exact) mass is 140 g/mol. The van der Waals surface area contributed by atoms with Crippen LogP contribution in [0.15, 0.2) is 17.9 Å². The number of hydrogen-bond donors (Lipinski definition) is 1. The SMILES string of the molecule is CCCC=C=CCC(C)O. The molecule has 0 aliphatic carbocycles. The van der Waals surface area contributed by atoms with Crippen molar-refractivity contribution in [1.29, 1.82) is 0 Å². The van der Waals surface area contributed by atoms with Gasteiger partial charge in [-0.05, 0) is 31.9 Å². The second-order valence-electron chi connectivity index (χ2n) is 2.45. The summed E-state index contributed by atoms with van der Waals surface area (Å²) in [5, 5.41) is 8.82. The van der Waals surface area contributed by atoms with E-state index in [9.17, 15) is 0 Å². The molecule has 0 aliphatic rings. The summed E-state index contributed by atoms with van der Waals surface area (Å²) < 4.78 is 0. The van der Waals surface area contributed by atoms with Gasteiger partial charge in [0.25, 0.3) is 0 Å². The first kappa shape index (κ1) is 9.48. The highest BCUT2D eigenvalue weighted by Gasteiger charge is 1.86. The predicted octanol–water partition coefficient (Wildman–Crippen LogP) is 2.27. The number of aliphatic hydroxyl groups excluding tert-OH is 1. The summed E-state index contributed by atoms with van der Waals surface area (Å²) in [4.78, 5) is 0. The van der Waals surface area contributed by atoms with E-state index in [1.165, 1.54) is 0 Å². The van der Waals surface area contributed by atoms with Crippen LogP contribution in [0.2, 0.25) is 0 Å². The van der Waals surface area contributed by atoms with Crippen molar-refractivity contribution in [2.75, 3.05) is 0 Å². The third-order valence-corrected chi connectivity index (χ3v) is 1.13. The van der Waals surface area contributed by atoms with Gasteiger partial charge in [-0.3, -0.25) is 0 Å². The molecule has 0 radical (unpaired) electrons. The van der Waals surface area contributed by atoms with E-state index in [1.807, 2.05) is 12.2 Å². The molecule has 10 heavy (non-hydrogen) atoms. The summed E-state index contributed by atoms with van der Waals surface area (Å²) >= 11 is 0. The first-order chi connectivity index (χ1) is 4.77. The van der Waals surface area contributed by atoms with Gasteiger partial charge >= 0.3 is 0 Å². The van der Waals surface area contributed by atoms with Crippen molar-refractivity contribution in [1.82, 2.24) is 0 Å². The Morgan fingerprint density at radius 3 is 2.70 bits per heavy atom. The molecule has 0 aromatic carbocycles. The van der Waals surface area contributed by atoms with E-state index < -0.39 is 0 Å². The topological polar surface area (TPSA) is 20.2 Å². The second kappa shape index (κ2) is 6.60. The summed E-state index contributed by atoms with van der Waals surface area (Å²) in [5.41, 5.74) is 3.01. The van der Waals surface area contributed by atoms with Crippen molar-refractivity contribution in [2.24, 2.45) is 0 Å². The fraction of sp³-hybridized carbons (Fsp3) is 0.667. The zero-order chi connectivity index (χ0) is 7.82. The van der Waals surface area contributed by atoms with E-state index in [-0.39, 0.29) is 6.10 Å². The molecule has 1 nitrogen and oxygen atoms in total. The first-order valence-electron chi connectivity index (χ1n) is 3.84. The Morgan fingerprint density at radius 2 is 2.20 bits per heavy atom. The van der Waals surface area contributed by atoms with Crippen molar-refractivity contribution in [3.8, 4) is 0 Å². The minimum Gasteiger partial charge on any atom is -0.393 e. The summed E-state index contributed by atoms with van der Waals surface area (Å²) in [5.74, 6) is 0. The van der Waals surface area contributed by atoms with Gasteiger partial charge in [0, 0.05) is 0 Å². The molecule has 1 atom stereocenters. The molecule has 58 valence electrons. The van der Waals surface area contributed by atoms with E-state index in [2.05, 4.69) is 12.7 Å². The van der Waals surface area contributed by atoms with Gasteiger partial charge in [0.05, 0.1) is 6.10 Å². The molecule has 0 aromatic rings. The van der Waals surface area contributed by atoms with Crippen molar-refractivity contribution >= 4 is 0 Å². The molecule has 1 N–H and O–H groups in total. The standard InChI is InChI=1S/C9H16O/c1-3-4-5-6-7-8-9(2)10/h5,7,9-10H,3-4,8H2,1-2H3. The van der Waals surface area contributed by atoms with Crippen LogP contribution in [0.4, 0.5) is 0 Å². The van der Waals surface area contributed by atoms with E-state index in [1.54, 1.807) is 6.92 Å². The zero-order valence-electron chi connectivity index (χ0n) is 6.80. The highest BCUT2D eigenvalue weighted by Crippen LogP contribution is 1.90. The Hall–Kier alpha value is -0.520. The van der Waals surface area contributed by atoms with E-state index in [0.717, 1.165) is 12.8 Å². The number of unbranched alkanes of at least 4 members (excludes halogenated alkanes) is 1. The maximum absolute atomic E-state index is 8.82. The molecular weight excluding hydrogens is 124 g/mol. The molecular formula is C9H16O. The van der Waals surface area contributed by atoms with Gasteiger partial charge < -0.3 is 5.11 Å². The van der Waals surface area contributed by atoms with Crippen molar-refractivity contribution in [3.63, 3.8) is 0 Å². The van der Waals surface area contributed by atoms with Gasteiger partial charge in [-0.15, -0.1) is 5.73 Å². The summed E-state index contributed by atoms with van der Waals surface area (Å²) in [7, 11) is 0. The molecule has 0 fully saturated rings. The third-order valence-electron chi connectivity index (χ3n) is 1.13. The lowest BCUT2D eigenvalue weighted by Gasteiger charge is -1.92. The summed E-state index contributed by atoms with van der Waals surface area (Å²) in [6.07, 6.45) is 6.59. The van der Waals surface area contributed by atoms with Gasteiger partial charge in [-0.25, -0.2) is 0 Å². The second-order valence-corrected chi connectivity index (χ2v) is 2.45. The van der Waals surface area contributed by atoms with Crippen molar-refractivity contribution in [3.05, 3.63) is 17.9 Å². The molecule has 0 saturated carbocycles. The first-order valence-corrected chi connectivity index (χ1v) is 3.84. The molecule has 0 saturated heterocycles. The fourth-order valence-electron chi connectivity index (χ4n) is 0.550. The van der Waals surface area contributed by atoms with Crippen LogP contribution in [0.3, 0.4) is 0 Å². The fourth-order valence-corrected chi connectivity index (χ4v) is 0.550. The normalized spacial score (nSPS) is 11.9. The molecule has 0 aliphatic heterocycles. The van der Waals surface area contributed by atoms with Crippen LogP contribution in [0.5, 0.6) is 0 Å². The molecule has 1 unspecified atom stereocenters. The average molecular weight is 140 g/mol. The Balaban J connectivity index is 3.34. The zero-order valence-corrected chi connectivity index (χ0v) is 6.80. The van der Waals surface area contributed by atoms with E-state index in [0.29, 0.717) is 6.42 Å². The van der Waals surface area contributed by atoms with Gasteiger partial charge in [0.15, 0.2) is 0 Å². The lowest BCUT2D eigenvalue weighted by molar-refractivity contribution is 0.198. The quantitative estimate of drug-likeness (QED) is 0.594. The van der Waals surface area contributed by atoms with Crippen LogP contribution in [-0.2, 0) is 0 Å². The molecule has 0 heterocycles. The van der Waals surface area contributed by atoms with Gasteiger partial charge in [0.1, 0.15) is 0 Å². The van der Waals surface area contributed by atoms with Crippen LogP contribution >= 0.6 is 0 Å². The van der Waals surface area contributed by atoms with Crippen LogP contribution in [0, 0.1) is 0 Å². The van der Waals surface area contributed by atoms with E-state index in [4.69, 9.17) is 5.11 Å². The summed E-state index contributed by atoms with van der Waals surface area (Å²) in [6, 6.07) is 0. The average Bonchev–Trinajstić information content (AvgIpc) is 1.87. The molecule has 0 spiro atoms. The third kappa shape index (κ3) is 7.48.